The average Bonchev–Trinajstić information content (AvgIpc) is 3.02. The molecule has 2 rings (SSSR count). The second-order valence-corrected chi connectivity index (χ2v) is 5.43. The van der Waals surface area contributed by atoms with Gasteiger partial charge in [-0.3, -0.25) is 14.9 Å². The summed E-state index contributed by atoms with van der Waals surface area (Å²) in [6, 6.07) is 4.24. The van der Waals surface area contributed by atoms with Gasteiger partial charge in [0.2, 0.25) is 11.7 Å². The molecule has 0 saturated carbocycles. The molecule has 2 aromatic rings. The maximum absolute atomic E-state index is 12.5. The Bertz CT molecular complexity index is 784. The molecule has 0 spiro atoms. The van der Waals surface area contributed by atoms with E-state index in [0.29, 0.717) is 17.5 Å². The van der Waals surface area contributed by atoms with Crippen molar-refractivity contribution in [1.82, 2.24) is 15.5 Å². The van der Waals surface area contributed by atoms with Crippen molar-refractivity contribution in [3.63, 3.8) is 0 Å². The molecule has 0 bridgehead atoms. The van der Waals surface area contributed by atoms with Crippen molar-refractivity contribution >= 4 is 11.8 Å². The Hall–Kier alpha value is -2.71. The van der Waals surface area contributed by atoms with E-state index >= 15 is 0 Å². The highest BCUT2D eigenvalue weighted by molar-refractivity contribution is 6.05. The fourth-order valence-corrected chi connectivity index (χ4v) is 2.10. The molecule has 0 saturated heterocycles. The molecule has 0 fully saturated rings. The first-order chi connectivity index (χ1) is 11.7. The molecule has 134 valence electrons. The molecule has 0 unspecified atom stereocenters. The lowest BCUT2D eigenvalue weighted by atomic mass is 10.0. The molecule has 1 N–H and O–H groups in total. The van der Waals surface area contributed by atoms with E-state index in [0.717, 1.165) is 6.42 Å². The standard InChI is InChI=1S/C16H16F3N3O3/c1-3-4-5-12(23)20-14(24)10-6-7-11(9(2)8-10)13-21-15(25-22-13)16(17,18)19/h6-8H,3-5H2,1-2H3,(H,20,23,24). The van der Waals surface area contributed by atoms with Crippen LogP contribution in [-0.4, -0.2) is 22.0 Å². The summed E-state index contributed by atoms with van der Waals surface area (Å²) in [6.45, 7) is 3.52. The Morgan fingerprint density at radius 1 is 1.28 bits per heavy atom. The maximum atomic E-state index is 12.5. The number of aromatic nitrogens is 2. The Morgan fingerprint density at radius 2 is 2.00 bits per heavy atom. The molecule has 1 heterocycles. The predicted molar refractivity (Wildman–Crippen MR) is 81.5 cm³/mol. The minimum atomic E-state index is -4.72. The largest absolute Gasteiger partial charge is 0.471 e. The number of rotatable bonds is 5. The second kappa shape index (κ2) is 7.45. The summed E-state index contributed by atoms with van der Waals surface area (Å²) in [4.78, 5) is 26.9. The third-order valence-corrected chi connectivity index (χ3v) is 3.41. The van der Waals surface area contributed by atoms with Crippen molar-refractivity contribution in [3.8, 4) is 11.4 Å². The molecular weight excluding hydrogens is 339 g/mol. The van der Waals surface area contributed by atoms with Gasteiger partial charge >= 0.3 is 12.1 Å². The van der Waals surface area contributed by atoms with Crippen LogP contribution in [0.3, 0.4) is 0 Å². The summed E-state index contributed by atoms with van der Waals surface area (Å²) in [7, 11) is 0. The molecule has 1 aromatic heterocycles. The van der Waals surface area contributed by atoms with Crippen molar-refractivity contribution in [3.05, 3.63) is 35.2 Å². The average molecular weight is 355 g/mol. The lowest BCUT2D eigenvalue weighted by molar-refractivity contribution is -0.159. The number of aryl methyl sites for hydroxylation is 1. The van der Waals surface area contributed by atoms with E-state index in [1.807, 2.05) is 6.92 Å². The van der Waals surface area contributed by atoms with Gasteiger partial charge in [0.05, 0.1) is 0 Å². The lowest BCUT2D eigenvalue weighted by Crippen LogP contribution is -2.30. The predicted octanol–water partition coefficient (Wildman–Crippen LogP) is 3.51. The van der Waals surface area contributed by atoms with Crippen LogP contribution in [0.5, 0.6) is 0 Å². The van der Waals surface area contributed by atoms with Gasteiger partial charge in [0.25, 0.3) is 5.91 Å². The van der Waals surface area contributed by atoms with Crippen LogP contribution < -0.4 is 5.32 Å². The second-order valence-electron chi connectivity index (χ2n) is 5.43. The Balaban J connectivity index is 2.16. The quantitative estimate of drug-likeness (QED) is 0.887. The maximum Gasteiger partial charge on any atom is 0.471 e. The Labute approximate surface area is 141 Å². The molecule has 0 radical (unpaired) electrons. The first-order valence-electron chi connectivity index (χ1n) is 7.58. The van der Waals surface area contributed by atoms with E-state index in [4.69, 9.17) is 0 Å². The minimum absolute atomic E-state index is 0.214. The number of amides is 2. The number of nitrogens with zero attached hydrogens (tertiary/aromatic N) is 2. The van der Waals surface area contributed by atoms with E-state index in [1.165, 1.54) is 18.2 Å². The summed E-state index contributed by atoms with van der Waals surface area (Å²) in [5.41, 5.74) is 0.988. The molecule has 9 heteroatoms. The first kappa shape index (κ1) is 18.6. The van der Waals surface area contributed by atoms with Gasteiger partial charge in [0.1, 0.15) is 0 Å². The fourth-order valence-electron chi connectivity index (χ4n) is 2.10. The lowest BCUT2D eigenvalue weighted by Gasteiger charge is -2.06. The van der Waals surface area contributed by atoms with E-state index in [1.54, 1.807) is 6.92 Å². The molecule has 0 aliphatic heterocycles. The number of hydrogen-bond donors (Lipinski definition) is 1. The third-order valence-electron chi connectivity index (χ3n) is 3.41. The van der Waals surface area contributed by atoms with Crippen LogP contribution >= 0.6 is 0 Å². The number of imide groups is 1. The van der Waals surface area contributed by atoms with Crippen LogP contribution in [0.1, 0.15) is 48.0 Å². The first-order valence-corrected chi connectivity index (χ1v) is 7.58. The topological polar surface area (TPSA) is 85.1 Å². The minimum Gasteiger partial charge on any atom is -0.329 e. The van der Waals surface area contributed by atoms with Crippen molar-refractivity contribution < 1.29 is 27.3 Å². The Kier molecular flexibility index (Phi) is 5.55. The van der Waals surface area contributed by atoms with Gasteiger partial charge in [0, 0.05) is 17.5 Å². The monoisotopic (exact) mass is 355 g/mol. The van der Waals surface area contributed by atoms with Crippen molar-refractivity contribution in [2.24, 2.45) is 0 Å². The van der Waals surface area contributed by atoms with Gasteiger partial charge in [-0.1, -0.05) is 24.6 Å². The zero-order valence-electron chi connectivity index (χ0n) is 13.6. The highest BCUT2D eigenvalue weighted by Gasteiger charge is 2.38. The smallest absolute Gasteiger partial charge is 0.329 e. The molecule has 6 nitrogen and oxygen atoms in total. The zero-order valence-corrected chi connectivity index (χ0v) is 13.6. The normalized spacial score (nSPS) is 11.4. The van der Waals surface area contributed by atoms with Crippen LogP contribution in [0, 0.1) is 6.92 Å². The summed E-state index contributed by atoms with van der Waals surface area (Å²) < 4.78 is 41.7. The third kappa shape index (κ3) is 4.65. The highest BCUT2D eigenvalue weighted by Crippen LogP contribution is 2.30. The molecule has 0 aliphatic rings. The van der Waals surface area contributed by atoms with Crippen LogP contribution in [0.2, 0.25) is 0 Å². The molecule has 1 aromatic carbocycles. The number of hydrogen-bond acceptors (Lipinski definition) is 5. The molecular formula is C16H16F3N3O3. The van der Waals surface area contributed by atoms with Crippen molar-refractivity contribution in [2.75, 3.05) is 0 Å². The number of nitrogens with one attached hydrogen (secondary N) is 1. The van der Waals surface area contributed by atoms with Crippen molar-refractivity contribution in [2.45, 2.75) is 39.3 Å². The van der Waals surface area contributed by atoms with Gasteiger partial charge in [0.15, 0.2) is 0 Å². The number of carbonyl (C=O) groups is 2. The van der Waals surface area contributed by atoms with Gasteiger partial charge in [-0.15, -0.1) is 0 Å². The highest BCUT2D eigenvalue weighted by atomic mass is 19.4. The summed E-state index contributed by atoms with van der Waals surface area (Å²) in [5, 5.41) is 5.57. The van der Waals surface area contributed by atoms with Gasteiger partial charge < -0.3 is 4.52 Å². The van der Waals surface area contributed by atoms with Gasteiger partial charge in [-0.25, -0.2) is 0 Å². The van der Waals surface area contributed by atoms with Crippen LogP contribution in [0.15, 0.2) is 22.7 Å². The summed E-state index contributed by atoms with van der Waals surface area (Å²) in [5.74, 6) is -2.61. The fraction of sp³-hybridized carbons (Fsp3) is 0.375. The number of alkyl halides is 3. The van der Waals surface area contributed by atoms with Gasteiger partial charge in [-0.05, 0) is 31.0 Å². The van der Waals surface area contributed by atoms with Gasteiger partial charge in [-0.2, -0.15) is 18.2 Å². The van der Waals surface area contributed by atoms with E-state index in [2.05, 4.69) is 20.0 Å². The number of benzene rings is 1. The van der Waals surface area contributed by atoms with Crippen LogP contribution in [-0.2, 0) is 11.0 Å². The van der Waals surface area contributed by atoms with E-state index < -0.39 is 18.0 Å². The number of unbranched alkanes of at least 4 members (excludes halogenated alkanes) is 1. The van der Waals surface area contributed by atoms with Crippen molar-refractivity contribution in [1.29, 1.82) is 0 Å². The van der Waals surface area contributed by atoms with E-state index in [-0.39, 0.29) is 23.7 Å². The zero-order chi connectivity index (χ0) is 18.6. The molecule has 0 atom stereocenters. The molecule has 25 heavy (non-hydrogen) atoms. The molecule has 2 amide bonds. The van der Waals surface area contributed by atoms with E-state index in [9.17, 15) is 22.8 Å². The van der Waals surface area contributed by atoms with Crippen LogP contribution in [0.4, 0.5) is 13.2 Å². The van der Waals surface area contributed by atoms with Crippen LogP contribution in [0.25, 0.3) is 11.4 Å². The summed E-state index contributed by atoms with van der Waals surface area (Å²) in [6.07, 6.45) is -2.96. The molecule has 0 aliphatic carbocycles. The SMILES string of the molecule is CCCCC(=O)NC(=O)c1ccc(-c2noc(C(F)(F)F)n2)c(C)c1. The Morgan fingerprint density at radius 3 is 2.56 bits per heavy atom. The summed E-state index contributed by atoms with van der Waals surface area (Å²) >= 11 is 0. The number of carbonyl (C=O) groups excluding carboxylic acids is 2. The number of halogens is 3.